The van der Waals surface area contributed by atoms with Crippen molar-refractivity contribution >= 4 is 17.7 Å². The van der Waals surface area contributed by atoms with Crippen LogP contribution in [0.15, 0.2) is 31.0 Å². The molecule has 0 aliphatic heterocycles. The van der Waals surface area contributed by atoms with Gasteiger partial charge in [-0.2, -0.15) is 9.90 Å². The number of nitrogens with zero attached hydrogens (tertiary/aromatic N) is 7. The van der Waals surface area contributed by atoms with Crippen LogP contribution in [0, 0.1) is 0 Å². The molecule has 0 saturated heterocycles. The van der Waals surface area contributed by atoms with Crippen LogP contribution in [0.1, 0.15) is 23.6 Å². The average Bonchev–Trinajstić information content (AvgIpc) is 3.15. The Morgan fingerprint density at radius 2 is 2.17 bits per heavy atom. The van der Waals surface area contributed by atoms with E-state index in [4.69, 9.17) is 11.6 Å². The SMILES string of the molecule is C=Cc1cc(Cn2nnc(C(F)F)n2)nn1-c1ncccc1Cl. The summed E-state index contributed by atoms with van der Waals surface area (Å²) in [4.78, 5) is 5.22. The molecule has 23 heavy (non-hydrogen) atoms. The van der Waals surface area contributed by atoms with E-state index < -0.39 is 12.2 Å². The molecule has 0 spiro atoms. The van der Waals surface area contributed by atoms with E-state index in [0.717, 1.165) is 4.80 Å². The summed E-state index contributed by atoms with van der Waals surface area (Å²) in [5.41, 5.74) is 1.18. The van der Waals surface area contributed by atoms with Crippen molar-refractivity contribution in [2.75, 3.05) is 0 Å². The van der Waals surface area contributed by atoms with Gasteiger partial charge in [-0.05, 0) is 29.5 Å². The molecule has 0 aromatic carbocycles. The van der Waals surface area contributed by atoms with Gasteiger partial charge in [0.1, 0.15) is 6.54 Å². The van der Waals surface area contributed by atoms with Gasteiger partial charge in [0.15, 0.2) is 5.82 Å². The summed E-state index contributed by atoms with van der Waals surface area (Å²) < 4.78 is 26.5. The van der Waals surface area contributed by atoms with Crippen molar-refractivity contribution in [1.82, 2.24) is 35.0 Å². The average molecular weight is 338 g/mol. The maximum Gasteiger partial charge on any atom is 0.301 e. The van der Waals surface area contributed by atoms with Crippen molar-refractivity contribution in [3.05, 3.63) is 53.2 Å². The highest BCUT2D eigenvalue weighted by atomic mass is 35.5. The quantitative estimate of drug-likeness (QED) is 0.715. The Labute approximate surface area is 134 Å². The van der Waals surface area contributed by atoms with Crippen molar-refractivity contribution in [1.29, 1.82) is 0 Å². The van der Waals surface area contributed by atoms with Crippen LogP contribution in [0.5, 0.6) is 0 Å². The Morgan fingerprint density at radius 3 is 2.83 bits per heavy atom. The standard InChI is InChI=1S/C13H10ClF2N7/c1-2-9-6-8(7-22-20-12(11(15)16)18-21-22)19-23(9)13-10(14)4-3-5-17-13/h2-6,11H,1,7H2. The number of pyridine rings is 1. The van der Waals surface area contributed by atoms with Crippen molar-refractivity contribution in [3.8, 4) is 5.82 Å². The van der Waals surface area contributed by atoms with Crippen LogP contribution in [0.3, 0.4) is 0 Å². The van der Waals surface area contributed by atoms with Gasteiger partial charge in [-0.25, -0.2) is 18.4 Å². The molecule has 3 aromatic heterocycles. The van der Waals surface area contributed by atoms with Crippen LogP contribution in [0.25, 0.3) is 11.9 Å². The second-order valence-electron chi connectivity index (χ2n) is 4.46. The number of rotatable bonds is 5. The zero-order valence-electron chi connectivity index (χ0n) is 11.6. The van der Waals surface area contributed by atoms with Crippen molar-refractivity contribution in [2.24, 2.45) is 0 Å². The molecule has 3 heterocycles. The fourth-order valence-corrected chi connectivity index (χ4v) is 2.13. The van der Waals surface area contributed by atoms with E-state index in [1.807, 2.05) is 0 Å². The highest BCUT2D eigenvalue weighted by Gasteiger charge is 2.16. The Hall–Kier alpha value is -2.68. The number of aromatic nitrogens is 7. The summed E-state index contributed by atoms with van der Waals surface area (Å²) in [7, 11) is 0. The summed E-state index contributed by atoms with van der Waals surface area (Å²) in [6.07, 6.45) is 0.404. The summed E-state index contributed by atoms with van der Waals surface area (Å²) in [6.45, 7) is 3.79. The highest BCUT2D eigenvalue weighted by molar-refractivity contribution is 6.32. The molecular formula is C13H10ClF2N7. The minimum absolute atomic E-state index is 0.0814. The van der Waals surface area contributed by atoms with Gasteiger partial charge in [-0.3, -0.25) is 0 Å². The largest absolute Gasteiger partial charge is 0.301 e. The van der Waals surface area contributed by atoms with Gasteiger partial charge in [0.2, 0.25) is 5.82 Å². The Balaban J connectivity index is 1.92. The maximum atomic E-state index is 12.5. The van der Waals surface area contributed by atoms with E-state index in [9.17, 15) is 8.78 Å². The van der Waals surface area contributed by atoms with Crippen LogP contribution < -0.4 is 0 Å². The number of alkyl halides is 2. The highest BCUT2D eigenvalue weighted by Crippen LogP contribution is 2.20. The molecule has 0 aliphatic rings. The smallest absolute Gasteiger partial charge is 0.236 e. The van der Waals surface area contributed by atoms with E-state index in [2.05, 4.69) is 32.1 Å². The van der Waals surface area contributed by atoms with E-state index in [1.54, 1.807) is 30.5 Å². The predicted molar refractivity (Wildman–Crippen MR) is 78.3 cm³/mol. The van der Waals surface area contributed by atoms with Crippen molar-refractivity contribution < 1.29 is 8.78 Å². The number of halogens is 3. The van der Waals surface area contributed by atoms with Gasteiger partial charge < -0.3 is 0 Å². The first-order valence-electron chi connectivity index (χ1n) is 6.46. The van der Waals surface area contributed by atoms with Crippen LogP contribution >= 0.6 is 11.6 Å². The van der Waals surface area contributed by atoms with E-state index >= 15 is 0 Å². The summed E-state index contributed by atoms with van der Waals surface area (Å²) >= 11 is 6.11. The molecule has 0 unspecified atom stereocenters. The van der Waals surface area contributed by atoms with Gasteiger partial charge in [0.05, 0.1) is 16.4 Å². The first-order chi connectivity index (χ1) is 11.1. The van der Waals surface area contributed by atoms with Crippen LogP contribution in [-0.2, 0) is 6.54 Å². The normalized spacial score (nSPS) is 11.1. The summed E-state index contributed by atoms with van der Waals surface area (Å²) in [6, 6.07) is 5.10. The monoisotopic (exact) mass is 337 g/mol. The first kappa shape index (κ1) is 15.2. The minimum Gasteiger partial charge on any atom is -0.236 e. The fraction of sp³-hybridized carbons (Fsp3) is 0.154. The summed E-state index contributed by atoms with van der Waals surface area (Å²) in [5.74, 6) is -0.184. The van der Waals surface area contributed by atoms with Gasteiger partial charge in [0.25, 0.3) is 0 Å². The Bertz CT molecular complexity index is 842. The number of hydrogen-bond donors (Lipinski definition) is 0. The zero-order chi connectivity index (χ0) is 16.4. The lowest BCUT2D eigenvalue weighted by Crippen LogP contribution is -2.07. The first-order valence-corrected chi connectivity index (χ1v) is 6.84. The van der Waals surface area contributed by atoms with Gasteiger partial charge in [-0.15, -0.1) is 10.2 Å². The van der Waals surface area contributed by atoms with E-state index in [1.165, 1.54) is 4.68 Å². The lowest BCUT2D eigenvalue weighted by atomic mass is 10.3. The van der Waals surface area contributed by atoms with Gasteiger partial charge >= 0.3 is 6.43 Å². The maximum absolute atomic E-state index is 12.5. The lowest BCUT2D eigenvalue weighted by molar-refractivity contribution is 0.140. The van der Waals surface area contributed by atoms with Crippen LogP contribution in [0.2, 0.25) is 5.02 Å². The fourth-order valence-electron chi connectivity index (χ4n) is 1.93. The molecule has 10 heteroatoms. The van der Waals surface area contributed by atoms with Crippen molar-refractivity contribution in [3.63, 3.8) is 0 Å². The molecular weight excluding hydrogens is 328 g/mol. The molecule has 0 fully saturated rings. The Kier molecular flexibility index (Phi) is 4.11. The van der Waals surface area contributed by atoms with Gasteiger partial charge in [-0.1, -0.05) is 18.2 Å². The van der Waals surface area contributed by atoms with E-state index in [-0.39, 0.29) is 6.54 Å². The third-order valence-electron chi connectivity index (χ3n) is 2.90. The predicted octanol–water partition coefficient (Wildman–Crippen LogP) is 2.54. The molecule has 0 amide bonds. The number of tetrazole rings is 1. The third-order valence-corrected chi connectivity index (χ3v) is 3.20. The molecule has 3 rings (SSSR count). The van der Waals surface area contributed by atoms with Crippen molar-refractivity contribution in [2.45, 2.75) is 13.0 Å². The molecule has 0 aliphatic carbocycles. The molecule has 0 atom stereocenters. The Morgan fingerprint density at radius 1 is 1.35 bits per heavy atom. The lowest BCUT2D eigenvalue weighted by Gasteiger charge is -2.04. The molecule has 0 radical (unpaired) electrons. The zero-order valence-corrected chi connectivity index (χ0v) is 12.4. The van der Waals surface area contributed by atoms with Crippen LogP contribution in [0.4, 0.5) is 8.78 Å². The van der Waals surface area contributed by atoms with Gasteiger partial charge in [0, 0.05) is 6.20 Å². The third kappa shape index (κ3) is 3.09. The molecule has 0 N–H and O–H groups in total. The topological polar surface area (TPSA) is 74.3 Å². The van der Waals surface area contributed by atoms with E-state index in [0.29, 0.717) is 22.2 Å². The second kappa shape index (κ2) is 6.21. The second-order valence-corrected chi connectivity index (χ2v) is 4.87. The molecule has 0 bridgehead atoms. The number of hydrogen-bond acceptors (Lipinski definition) is 5. The molecule has 0 saturated carbocycles. The van der Waals surface area contributed by atoms with Crippen LogP contribution in [-0.4, -0.2) is 35.0 Å². The summed E-state index contributed by atoms with van der Waals surface area (Å²) in [5, 5.41) is 15.2. The molecule has 7 nitrogen and oxygen atoms in total. The minimum atomic E-state index is -2.77. The molecule has 3 aromatic rings. The molecule has 118 valence electrons.